The van der Waals surface area contributed by atoms with Crippen LogP contribution in [-0.2, 0) is 10.8 Å². The zero-order valence-corrected chi connectivity index (χ0v) is 21.0. The highest BCUT2D eigenvalue weighted by Gasteiger charge is 2.33. The molecule has 4 aromatic rings. The van der Waals surface area contributed by atoms with Gasteiger partial charge in [-0.3, -0.25) is 10.5 Å². The predicted octanol–water partition coefficient (Wildman–Crippen LogP) is 7.59. The Kier molecular flexibility index (Phi) is 5.60. The van der Waals surface area contributed by atoms with Crippen molar-refractivity contribution in [1.29, 1.82) is 0 Å². The van der Waals surface area contributed by atoms with Crippen LogP contribution in [-0.4, -0.2) is 15.0 Å². The maximum Gasteiger partial charge on any atom is 0.144 e. The molecule has 0 aliphatic heterocycles. The van der Waals surface area contributed by atoms with Gasteiger partial charge >= 0.3 is 0 Å². The number of para-hydroxylation sites is 2. The van der Waals surface area contributed by atoms with Crippen LogP contribution in [0.2, 0.25) is 0 Å². The fourth-order valence-electron chi connectivity index (χ4n) is 5.12. The third kappa shape index (κ3) is 4.52. The summed E-state index contributed by atoms with van der Waals surface area (Å²) in [6, 6.07) is 22.8. The second kappa shape index (κ2) is 8.02. The molecular weight excluding hydrogens is 406 g/mol. The summed E-state index contributed by atoms with van der Waals surface area (Å²) in [5.74, 6) is 0.283. The number of aromatic amines is 1. The largest absolute Gasteiger partial charge is 0.505 e. The van der Waals surface area contributed by atoms with E-state index in [2.05, 4.69) is 101 Å². The summed E-state index contributed by atoms with van der Waals surface area (Å²) in [6.45, 7) is 15.8. The second-order valence-corrected chi connectivity index (χ2v) is 11.6. The lowest BCUT2D eigenvalue weighted by Gasteiger charge is -2.36. The Morgan fingerprint density at radius 2 is 1.45 bits per heavy atom. The number of nitrogens with one attached hydrogen (secondary N) is 2. The van der Waals surface area contributed by atoms with Crippen molar-refractivity contribution in [2.45, 2.75) is 65.7 Å². The quantitative estimate of drug-likeness (QED) is 0.269. The van der Waals surface area contributed by atoms with Gasteiger partial charge in [-0.2, -0.15) is 4.79 Å². The molecule has 0 amide bonds. The number of rotatable bonds is 6. The molecule has 0 saturated carbocycles. The Morgan fingerprint density at radius 1 is 0.818 bits per heavy atom. The Hall–Kier alpha value is -3.14. The van der Waals surface area contributed by atoms with E-state index in [-0.39, 0.29) is 22.0 Å². The summed E-state index contributed by atoms with van der Waals surface area (Å²) < 4.78 is 0. The standard InChI is InChI=1S/C29H37N3O/c1-27(2,3)19-28(4,5)21-17-22(29(6,7)20-13-9-8-10-14-20)26(33)24(18-21)31-32-25-16-12-11-15-23(25)30-32/h8-18,30-31,33H,19H2,1-7H3. The number of hydrogen-bond acceptors (Lipinski definition) is 2. The lowest BCUT2D eigenvalue weighted by molar-refractivity contribution is 0.283. The minimum absolute atomic E-state index is 0.0653. The van der Waals surface area contributed by atoms with Crippen LogP contribution in [0.4, 0.5) is 5.69 Å². The molecule has 0 bridgehead atoms. The number of anilines is 1. The lowest BCUT2D eigenvalue weighted by atomic mass is 9.70. The summed E-state index contributed by atoms with van der Waals surface area (Å²) >= 11 is 0. The summed E-state index contributed by atoms with van der Waals surface area (Å²) in [6.07, 6.45) is 1.03. The molecule has 1 heterocycles. The number of H-pyrrole nitrogens is 1. The molecule has 4 nitrogen and oxygen atoms in total. The molecule has 3 N–H and O–H groups in total. The Bertz CT molecular complexity index is 1250. The van der Waals surface area contributed by atoms with Gasteiger partial charge in [0.05, 0.1) is 11.2 Å². The van der Waals surface area contributed by atoms with Crippen LogP contribution in [0.15, 0.2) is 66.7 Å². The molecule has 0 radical (unpaired) electrons. The number of nitrogens with zero attached hydrogens (tertiary/aromatic N) is 1. The molecule has 3 aromatic carbocycles. The van der Waals surface area contributed by atoms with E-state index in [9.17, 15) is 5.11 Å². The molecule has 0 aliphatic carbocycles. The molecule has 0 unspecified atom stereocenters. The number of aromatic nitrogens is 2. The van der Waals surface area contributed by atoms with Crippen molar-refractivity contribution in [1.82, 2.24) is 9.89 Å². The van der Waals surface area contributed by atoms with Gasteiger partial charge in [-0.15, -0.1) is 0 Å². The first kappa shape index (κ1) is 23.0. The van der Waals surface area contributed by atoms with Gasteiger partial charge in [0.2, 0.25) is 0 Å². The van der Waals surface area contributed by atoms with Crippen LogP contribution in [0.25, 0.3) is 11.0 Å². The summed E-state index contributed by atoms with van der Waals surface area (Å²) in [4.78, 5) is 1.87. The molecule has 0 fully saturated rings. The van der Waals surface area contributed by atoms with Crippen LogP contribution in [0, 0.1) is 5.41 Å². The molecule has 0 atom stereocenters. The van der Waals surface area contributed by atoms with Crippen LogP contribution >= 0.6 is 0 Å². The molecule has 4 rings (SSSR count). The molecular formula is C29H37N3O. The average molecular weight is 444 g/mol. The van der Waals surface area contributed by atoms with Crippen LogP contribution in [0.5, 0.6) is 5.75 Å². The molecule has 1 aromatic heterocycles. The third-order valence-corrected chi connectivity index (χ3v) is 6.64. The molecule has 0 aliphatic rings. The van der Waals surface area contributed by atoms with E-state index < -0.39 is 0 Å². The number of phenolic OH excluding ortho intramolecular Hbond substituents is 1. The van der Waals surface area contributed by atoms with Gasteiger partial charge in [-0.1, -0.05) is 97.0 Å². The highest BCUT2D eigenvalue weighted by molar-refractivity contribution is 5.78. The normalized spacial score (nSPS) is 12.9. The van der Waals surface area contributed by atoms with Gasteiger partial charge in [0.15, 0.2) is 0 Å². The zero-order chi connectivity index (χ0) is 24.0. The molecule has 0 spiro atoms. The van der Waals surface area contributed by atoms with Crippen molar-refractivity contribution in [3.63, 3.8) is 0 Å². The number of phenols is 1. The van der Waals surface area contributed by atoms with E-state index in [0.717, 1.165) is 23.0 Å². The van der Waals surface area contributed by atoms with Crippen molar-refractivity contribution >= 4 is 16.7 Å². The molecule has 4 heteroatoms. The van der Waals surface area contributed by atoms with E-state index >= 15 is 0 Å². The van der Waals surface area contributed by atoms with E-state index in [1.54, 1.807) is 0 Å². The van der Waals surface area contributed by atoms with Gasteiger partial charge in [0.25, 0.3) is 0 Å². The van der Waals surface area contributed by atoms with Crippen LogP contribution in [0.1, 0.15) is 71.6 Å². The lowest BCUT2D eigenvalue weighted by Crippen LogP contribution is -2.27. The smallest absolute Gasteiger partial charge is 0.144 e. The third-order valence-electron chi connectivity index (χ3n) is 6.64. The van der Waals surface area contributed by atoms with E-state index in [1.807, 2.05) is 29.1 Å². The van der Waals surface area contributed by atoms with Gasteiger partial charge in [0, 0.05) is 11.0 Å². The van der Waals surface area contributed by atoms with Crippen LogP contribution < -0.4 is 5.43 Å². The zero-order valence-electron chi connectivity index (χ0n) is 21.0. The minimum Gasteiger partial charge on any atom is -0.505 e. The van der Waals surface area contributed by atoms with Crippen molar-refractivity contribution in [2.75, 3.05) is 5.43 Å². The average Bonchev–Trinajstić information content (AvgIpc) is 2.71. The highest BCUT2D eigenvalue weighted by atomic mass is 16.3. The first-order chi connectivity index (χ1) is 15.4. The summed E-state index contributed by atoms with van der Waals surface area (Å²) in [5, 5.41) is 14.8. The van der Waals surface area contributed by atoms with Crippen molar-refractivity contribution in [2.24, 2.45) is 5.41 Å². The predicted molar refractivity (Wildman–Crippen MR) is 139 cm³/mol. The maximum atomic E-state index is 11.5. The fraction of sp³-hybridized carbons (Fsp3) is 0.379. The molecule has 33 heavy (non-hydrogen) atoms. The van der Waals surface area contributed by atoms with Crippen molar-refractivity contribution in [3.05, 3.63) is 83.4 Å². The SMILES string of the molecule is CC(C)(C)CC(C)(C)c1cc(Nn2[nH]c3ccccc32)c(O)c(C(C)(C)c2ccccc2)c1. The number of aromatic hydroxyl groups is 1. The maximum absolute atomic E-state index is 11.5. The Balaban J connectivity index is 1.86. The summed E-state index contributed by atoms with van der Waals surface area (Å²) in [7, 11) is 0. The summed E-state index contributed by atoms with van der Waals surface area (Å²) in [5.41, 5.74) is 9.30. The van der Waals surface area contributed by atoms with Crippen molar-refractivity contribution in [3.8, 4) is 5.75 Å². The highest BCUT2D eigenvalue weighted by Crippen LogP contribution is 2.45. The second-order valence-electron chi connectivity index (χ2n) is 11.6. The van der Waals surface area contributed by atoms with Gasteiger partial charge < -0.3 is 5.11 Å². The minimum atomic E-state index is -0.365. The van der Waals surface area contributed by atoms with Gasteiger partial charge in [0.1, 0.15) is 11.3 Å². The first-order valence-electron chi connectivity index (χ1n) is 11.7. The fourth-order valence-corrected chi connectivity index (χ4v) is 5.12. The number of hydrogen-bond donors (Lipinski definition) is 3. The monoisotopic (exact) mass is 443 g/mol. The van der Waals surface area contributed by atoms with Gasteiger partial charge in [-0.25, -0.2) is 0 Å². The number of fused-ring (bicyclic) bond motifs is 1. The van der Waals surface area contributed by atoms with E-state index in [1.165, 1.54) is 11.1 Å². The Morgan fingerprint density at radius 3 is 2.09 bits per heavy atom. The van der Waals surface area contributed by atoms with E-state index in [4.69, 9.17) is 0 Å². The molecule has 174 valence electrons. The topological polar surface area (TPSA) is 53.0 Å². The van der Waals surface area contributed by atoms with Gasteiger partial charge in [-0.05, 0) is 46.6 Å². The van der Waals surface area contributed by atoms with Crippen molar-refractivity contribution < 1.29 is 5.11 Å². The van der Waals surface area contributed by atoms with Crippen LogP contribution in [0.3, 0.4) is 0 Å². The Labute approximate surface area is 197 Å². The molecule has 0 saturated heterocycles. The first-order valence-corrected chi connectivity index (χ1v) is 11.7. The van der Waals surface area contributed by atoms with E-state index in [0.29, 0.717) is 5.69 Å². The number of benzene rings is 3.